The van der Waals surface area contributed by atoms with Crippen molar-refractivity contribution in [2.45, 2.75) is 58.3 Å². The molecule has 0 saturated heterocycles. The number of rotatable bonds is 14. The van der Waals surface area contributed by atoms with Gasteiger partial charge in [0.2, 0.25) is 0 Å². The fraction of sp³-hybridized carbons (Fsp3) is 0.409. The molecule has 2 heteroatoms. The van der Waals surface area contributed by atoms with Crippen molar-refractivity contribution < 1.29 is 9.90 Å². The Balaban J connectivity index is 3.53. The standard InChI is InChI=1S/C22H32O2/c1-2-3-4-5-6-7-8-9-10-11-12-13-14-15-16-17-18-19-20-21-22(23)24/h3-4,7-8,10-13,15-16,18-19H,2,5-6,9,14,17,20-21H2,1H3,(H,23,24)/b4-3+,8-7+,11-10+,13-12+,16-15+,19-18+. The lowest BCUT2D eigenvalue weighted by Gasteiger charge is -1.87. The first kappa shape index (κ1) is 21.9. The van der Waals surface area contributed by atoms with Crippen molar-refractivity contribution in [1.82, 2.24) is 0 Å². The lowest BCUT2D eigenvalue weighted by Crippen LogP contribution is -1.91. The first-order valence-corrected chi connectivity index (χ1v) is 8.90. The minimum atomic E-state index is -0.743. The Labute approximate surface area is 147 Å². The molecule has 0 aliphatic carbocycles. The highest BCUT2D eigenvalue weighted by Crippen LogP contribution is 1.97. The van der Waals surface area contributed by atoms with Crippen molar-refractivity contribution in [2.75, 3.05) is 0 Å². The Morgan fingerprint density at radius 3 is 1.67 bits per heavy atom. The van der Waals surface area contributed by atoms with Crippen molar-refractivity contribution in [2.24, 2.45) is 0 Å². The van der Waals surface area contributed by atoms with Crippen LogP contribution in [0.1, 0.15) is 58.3 Å². The highest BCUT2D eigenvalue weighted by Gasteiger charge is 1.90. The topological polar surface area (TPSA) is 37.3 Å². The monoisotopic (exact) mass is 328 g/mol. The maximum atomic E-state index is 10.3. The number of hydrogen-bond acceptors (Lipinski definition) is 1. The van der Waals surface area contributed by atoms with Gasteiger partial charge in [-0.05, 0) is 44.9 Å². The van der Waals surface area contributed by atoms with Crippen LogP contribution in [-0.2, 0) is 4.79 Å². The van der Waals surface area contributed by atoms with E-state index < -0.39 is 5.97 Å². The summed E-state index contributed by atoms with van der Waals surface area (Å²) in [4.78, 5) is 10.3. The third-order valence-corrected chi connectivity index (χ3v) is 3.13. The van der Waals surface area contributed by atoms with E-state index in [9.17, 15) is 4.79 Å². The first-order chi connectivity index (χ1) is 11.8. The molecule has 0 heterocycles. The van der Waals surface area contributed by atoms with Gasteiger partial charge in [0.25, 0.3) is 0 Å². The van der Waals surface area contributed by atoms with Crippen LogP contribution in [0.5, 0.6) is 0 Å². The lowest BCUT2D eigenvalue weighted by atomic mass is 10.2. The van der Waals surface area contributed by atoms with Crippen LogP contribution < -0.4 is 0 Å². The van der Waals surface area contributed by atoms with Crippen LogP contribution in [0.25, 0.3) is 0 Å². The summed E-state index contributed by atoms with van der Waals surface area (Å²) in [6.07, 6.45) is 32.4. The molecule has 0 aromatic carbocycles. The summed E-state index contributed by atoms with van der Waals surface area (Å²) >= 11 is 0. The van der Waals surface area contributed by atoms with E-state index in [1.165, 1.54) is 0 Å². The summed E-state index contributed by atoms with van der Waals surface area (Å²) in [5.41, 5.74) is 0. The summed E-state index contributed by atoms with van der Waals surface area (Å²) < 4.78 is 0. The van der Waals surface area contributed by atoms with Crippen LogP contribution in [0.4, 0.5) is 0 Å². The van der Waals surface area contributed by atoms with Gasteiger partial charge in [-0.3, -0.25) is 4.79 Å². The van der Waals surface area contributed by atoms with Gasteiger partial charge < -0.3 is 5.11 Å². The van der Waals surface area contributed by atoms with Crippen molar-refractivity contribution in [3.05, 3.63) is 72.9 Å². The largest absolute Gasteiger partial charge is 0.481 e. The van der Waals surface area contributed by atoms with Crippen molar-refractivity contribution in [3.8, 4) is 0 Å². The molecule has 0 atom stereocenters. The highest BCUT2D eigenvalue weighted by molar-refractivity contribution is 5.66. The van der Waals surface area contributed by atoms with Crippen LogP contribution in [0.3, 0.4) is 0 Å². The minimum absolute atomic E-state index is 0.209. The Bertz CT molecular complexity index is 462. The molecule has 2 nitrogen and oxygen atoms in total. The van der Waals surface area contributed by atoms with Crippen molar-refractivity contribution in [3.63, 3.8) is 0 Å². The number of carbonyl (C=O) groups is 1. The summed E-state index contributed by atoms with van der Waals surface area (Å²) in [5.74, 6) is -0.743. The molecule has 0 bridgehead atoms. The average molecular weight is 328 g/mol. The number of aliphatic carboxylic acids is 1. The molecule has 0 rings (SSSR count). The molecule has 0 radical (unpaired) electrons. The van der Waals surface area contributed by atoms with Gasteiger partial charge >= 0.3 is 5.97 Å². The van der Waals surface area contributed by atoms with E-state index in [-0.39, 0.29) is 6.42 Å². The first-order valence-electron chi connectivity index (χ1n) is 8.90. The van der Waals surface area contributed by atoms with Crippen LogP contribution in [0.2, 0.25) is 0 Å². The maximum Gasteiger partial charge on any atom is 0.303 e. The van der Waals surface area contributed by atoms with Crippen molar-refractivity contribution >= 4 is 5.97 Å². The Hall–Kier alpha value is -2.09. The van der Waals surface area contributed by atoms with Gasteiger partial charge in [0.15, 0.2) is 0 Å². The lowest BCUT2D eigenvalue weighted by molar-refractivity contribution is -0.136. The molecular formula is C22H32O2. The molecule has 0 aliphatic rings. The Morgan fingerprint density at radius 2 is 1.12 bits per heavy atom. The number of unbranched alkanes of at least 4 members (excludes halogenated alkanes) is 1. The zero-order chi connectivity index (χ0) is 17.7. The van der Waals surface area contributed by atoms with Gasteiger partial charge in [0, 0.05) is 6.42 Å². The van der Waals surface area contributed by atoms with Crippen LogP contribution in [0.15, 0.2) is 72.9 Å². The molecule has 0 spiro atoms. The molecule has 0 aliphatic heterocycles. The van der Waals surface area contributed by atoms with Gasteiger partial charge in [-0.25, -0.2) is 0 Å². The summed E-state index contributed by atoms with van der Waals surface area (Å²) in [6.45, 7) is 2.16. The predicted molar refractivity (Wildman–Crippen MR) is 105 cm³/mol. The Morgan fingerprint density at radius 1 is 0.667 bits per heavy atom. The molecule has 132 valence electrons. The van der Waals surface area contributed by atoms with Gasteiger partial charge in [0.1, 0.15) is 0 Å². The second-order valence-electron chi connectivity index (χ2n) is 5.37. The van der Waals surface area contributed by atoms with E-state index in [1.54, 1.807) is 0 Å². The van der Waals surface area contributed by atoms with E-state index in [4.69, 9.17) is 5.11 Å². The quantitative estimate of drug-likeness (QED) is 0.223. The third-order valence-electron chi connectivity index (χ3n) is 3.13. The second-order valence-corrected chi connectivity index (χ2v) is 5.37. The smallest absolute Gasteiger partial charge is 0.303 e. The number of carboxylic acids is 1. The van der Waals surface area contributed by atoms with E-state index in [0.717, 1.165) is 38.5 Å². The van der Waals surface area contributed by atoms with E-state index in [2.05, 4.69) is 67.7 Å². The van der Waals surface area contributed by atoms with E-state index in [0.29, 0.717) is 6.42 Å². The summed E-state index contributed by atoms with van der Waals surface area (Å²) in [7, 11) is 0. The fourth-order valence-electron chi connectivity index (χ4n) is 1.85. The molecule has 0 amide bonds. The second kappa shape index (κ2) is 19.0. The van der Waals surface area contributed by atoms with E-state index in [1.807, 2.05) is 12.2 Å². The normalized spacial score (nSPS) is 13.0. The molecule has 1 N–H and O–H groups in total. The van der Waals surface area contributed by atoms with Gasteiger partial charge in [-0.1, -0.05) is 79.8 Å². The van der Waals surface area contributed by atoms with Crippen LogP contribution in [0, 0.1) is 0 Å². The molecule has 24 heavy (non-hydrogen) atoms. The number of allylic oxidation sites excluding steroid dienone is 12. The molecular weight excluding hydrogens is 296 g/mol. The third kappa shape index (κ3) is 19.9. The zero-order valence-corrected chi connectivity index (χ0v) is 14.9. The predicted octanol–water partition coefficient (Wildman–Crippen LogP) is 6.55. The number of carboxylic acid groups (broad SMARTS) is 1. The Kier molecular flexibility index (Phi) is 17.3. The zero-order valence-electron chi connectivity index (χ0n) is 14.9. The summed E-state index contributed by atoms with van der Waals surface area (Å²) in [5, 5.41) is 8.49. The average Bonchev–Trinajstić information content (AvgIpc) is 2.56. The maximum absolute atomic E-state index is 10.3. The minimum Gasteiger partial charge on any atom is -0.481 e. The number of hydrogen-bond donors (Lipinski definition) is 1. The molecule has 0 aromatic rings. The van der Waals surface area contributed by atoms with Crippen molar-refractivity contribution in [1.29, 1.82) is 0 Å². The molecule has 0 saturated carbocycles. The van der Waals surface area contributed by atoms with Crippen LogP contribution in [-0.4, -0.2) is 11.1 Å². The van der Waals surface area contributed by atoms with Gasteiger partial charge in [-0.15, -0.1) is 0 Å². The van der Waals surface area contributed by atoms with E-state index >= 15 is 0 Å². The van der Waals surface area contributed by atoms with Gasteiger partial charge in [0.05, 0.1) is 0 Å². The van der Waals surface area contributed by atoms with Crippen LogP contribution >= 0.6 is 0 Å². The SMILES string of the molecule is CC/C=C/CC/C=C/C/C=C/C=C/C/C=C/C/C=C/CCC(=O)O. The fourth-order valence-corrected chi connectivity index (χ4v) is 1.85. The molecule has 0 aromatic heterocycles. The highest BCUT2D eigenvalue weighted by atomic mass is 16.4. The summed E-state index contributed by atoms with van der Waals surface area (Å²) in [6, 6.07) is 0. The molecule has 0 unspecified atom stereocenters. The van der Waals surface area contributed by atoms with Gasteiger partial charge in [-0.2, -0.15) is 0 Å². The molecule has 0 fully saturated rings.